The molecule has 0 bridgehead atoms. The summed E-state index contributed by atoms with van der Waals surface area (Å²) in [6, 6.07) is 22.0. The van der Waals surface area contributed by atoms with Crippen LogP contribution in [-0.4, -0.2) is 15.6 Å². The number of rotatable bonds is 3. The van der Waals surface area contributed by atoms with Gasteiger partial charge in [-0.3, -0.25) is 10.1 Å². The minimum atomic E-state index is -0.476. The Morgan fingerprint density at radius 2 is 1.76 bits per heavy atom. The summed E-state index contributed by atoms with van der Waals surface area (Å²) in [5.74, 6) is 0.799. The summed E-state index contributed by atoms with van der Waals surface area (Å²) in [5.41, 5.74) is 3.72. The van der Waals surface area contributed by atoms with Crippen LogP contribution in [0, 0.1) is 10.1 Å². The van der Waals surface area contributed by atoms with E-state index in [1.54, 1.807) is 12.1 Å². The number of benzene rings is 3. The molecular formula is C22H16ClN3O3. The maximum Gasteiger partial charge on any atom is 0.269 e. The number of nitro benzene ring substituents is 1. The Balaban J connectivity index is 1.58. The molecule has 0 spiro atoms. The number of nitro groups is 1. The van der Waals surface area contributed by atoms with Gasteiger partial charge in [0.05, 0.1) is 16.7 Å². The monoisotopic (exact) mass is 405 g/mol. The Morgan fingerprint density at radius 3 is 2.52 bits per heavy atom. The highest BCUT2D eigenvalue weighted by Gasteiger charge is 2.41. The van der Waals surface area contributed by atoms with E-state index in [1.807, 2.05) is 53.5 Å². The summed E-state index contributed by atoms with van der Waals surface area (Å²) in [5, 5.41) is 18.5. The first-order valence-electron chi connectivity index (χ1n) is 9.22. The highest BCUT2D eigenvalue weighted by atomic mass is 35.5. The fraction of sp³-hybridized carbons (Fsp3) is 0.136. The summed E-state index contributed by atoms with van der Waals surface area (Å²) in [6.45, 7) is 0. The molecule has 3 aromatic carbocycles. The van der Waals surface area contributed by atoms with Gasteiger partial charge in [0.15, 0.2) is 0 Å². The lowest BCUT2D eigenvalue weighted by Gasteiger charge is -2.38. The number of hydrogen-bond donors (Lipinski definition) is 0. The zero-order valence-electron chi connectivity index (χ0n) is 15.2. The number of para-hydroxylation sites is 1. The molecule has 2 atom stereocenters. The van der Waals surface area contributed by atoms with Crippen molar-refractivity contribution in [2.45, 2.75) is 18.7 Å². The molecule has 0 saturated carbocycles. The van der Waals surface area contributed by atoms with Crippen molar-refractivity contribution in [2.75, 3.05) is 0 Å². The van der Waals surface area contributed by atoms with E-state index in [1.165, 1.54) is 12.1 Å². The zero-order valence-corrected chi connectivity index (χ0v) is 16.0. The second-order valence-electron chi connectivity index (χ2n) is 6.98. The van der Waals surface area contributed by atoms with E-state index in [0.29, 0.717) is 11.4 Å². The van der Waals surface area contributed by atoms with Crippen LogP contribution < -0.4 is 4.74 Å². The van der Waals surface area contributed by atoms with Crippen LogP contribution in [0.25, 0.3) is 0 Å². The molecule has 7 heteroatoms. The summed E-state index contributed by atoms with van der Waals surface area (Å²) >= 11 is 6.41. The van der Waals surface area contributed by atoms with Crippen LogP contribution in [0.5, 0.6) is 5.75 Å². The third kappa shape index (κ3) is 3.02. The van der Waals surface area contributed by atoms with E-state index in [-0.39, 0.29) is 11.7 Å². The van der Waals surface area contributed by atoms with Crippen LogP contribution in [-0.2, 0) is 0 Å². The van der Waals surface area contributed by atoms with Gasteiger partial charge in [0.25, 0.3) is 5.69 Å². The molecule has 2 aliphatic rings. The molecule has 0 amide bonds. The van der Waals surface area contributed by atoms with Gasteiger partial charge in [-0.1, -0.05) is 48.0 Å². The number of non-ortho nitro benzene ring substituents is 1. The van der Waals surface area contributed by atoms with Gasteiger partial charge in [-0.2, -0.15) is 5.10 Å². The average molecular weight is 406 g/mol. The largest absolute Gasteiger partial charge is 0.464 e. The Bertz CT molecular complexity index is 1130. The van der Waals surface area contributed by atoms with Crippen molar-refractivity contribution < 1.29 is 9.66 Å². The number of ether oxygens (including phenoxy) is 1. The molecule has 0 saturated heterocycles. The van der Waals surface area contributed by atoms with E-state index < -0.39 is 11.2 Å². The first-order valence-corrected chi connectivity index (χ1v) is 9.60. The first-order chi connectivity index (χ1) is 14.1. The molecule has 2 aliphatic heterocycles. The molecule has 144 valence electrons. The maximum atomic E-state index is 11.0. The van der Waals surface area contributed by atoms with Crippen molar-refractivity contribution in [3.05, 3.63) is 105 Å². The van der Waals surface area contributed by atoms with Gasteiger partial charge in [-0.15, -0.1) is 0 Å². The Morgan fingerprint density at radius 1 is 1.03 bits per heavy atom. The highest BCUT2D eigenvalue weighted by Crippen LogP contribution is 2.47. The SMILES string of the molecule is O=[N+]([O-])c1ccc([C@@H]2Oc3ccccc3[C@@H]3CC(c4ccccc4Cl)=NN32)cc1. The molecule has 0 unspecified atom stereocenters. The summed E-state index contributed by atoms with van der Waals surface area (Å²) < 4.78 is 6.26. The van der Waals surface area contributed by atoms with Gasteiger partial charge in [0, 0.05) is 40.3 Å². The smallest absolute Gasteiger partial charge is 0.269 e. The Hall–Kier alpha value is -3.38. The van der Waals surface area contributed by atoms with E-state index >= 15 is 0 Å². The predicted molar refractivity (Wildman–Crippen MR) is 110 cm³/mol. The van der Waals surface area contributed by atoms with E-state index in [0.717, 1.165) is 28.2 Å². The minimum Gasteiger partial charge on any atom is -0.464 e. The fourth-order valence-corrected chi connectivity index (χ4v) is 4.12. The van der Waals surface area contributed by atoms with E-state index in [2.05, 4.69) is 0 Å². The average Bonchev–Trinajstić information content (AvgIpc) is 3.19. The van der Waals surface area contributed by atoms with Gasteiger partial charge in [-0.25, -0.2) is 5.01 Å². The minimum absolute atomic E-state index is 0.00594. The zero-order chi connectivity index (χ0) is 20.0. The fourth-order valence-electron chi connectivity index (χ4n) is 3.87. The van der Waals surface area contributed by atoms with Crippen molar-refractivity contribution in [3.63, 3.8) is 0 Å². The van der Waals surface area contributed by atoms with Crippen molar-refractivity contribution in [3.8, 4) is 5.75 Å². The van der Waals surface area contributed by atoms with Crippen LogP contribution >= 0.6 is 11.6 Å². The van der Waals surface area contributed by atoms with Crippen molar-refractivity contribution in [2.24, 2.45) is 5.10 Å². The predicted octanol–water partition coefficient (Wildman–Crippen LogP) is 5.49. The van der Waals surface area contributed by atoms with Gasteiger partial charge < -0.3 is 4.74 Å². The number of halogens is 1. The lowest BCUT2D eigenvalue weighted by Crippen LogP contribution is -2.33. The normalized spacial score (nSPS) is 19.8. The van der Waals surface area contributed by atoms with Crippen molar-refractivity contribution in [1.29, 1.82) is 0 Å². The summed E-state index contributed by atoms with van der Waals surface area (Å²) in [4.78, 5) is 10.6. The van der Waals surface area contributed by atoms with Gasteiger partial charge in [0.1, 0.15) is 5.75 Å². The van der Waals surface area contributed by atoms with Crippen LogP contribution in [0.1, 0.15) is 35.4 Å². The molecule has 0 radical (unpaired) electrons. The first kappa shape index (κ1) is 17.7. The molecule has 0 N–H and O–H groups in total. The standard InChI is InChI=1S/C22H16ClN3O3/c23-18-7-3-1-5-16(18)19-13-20-17-6-2-4-8-21(17)29-22(25(20)24-19)14-9-11-15(12-10-14)26(27)28/h1-12,20,22H,13H2/t20-,22-/m0/s1. The highest BCUT2D eigenvalue weighted by molar-refractivity contribution is 6.34. The third-order valence-corrected chi connectivity index (χ3v) is 5.60. The quantitative estimate of drug-likeness (QED) is 0.426. The van der Waals surface area contributed by atoms with Gasteiger partial charge >= 0.3 is 0 Å². The number of nitrogens with zero attached hydrogens (tertiary/aromatic N) is 3. The third-order valence-electron chi connectivity index (χ3n) is 5.27. The number of fused-ring (bicyclic) bond motifs is 3. The van der Waals surface area contributed by atoms with Crippen molar-refractivity contribution >= 4 is 23.0 Å². The van der Waals surface area contributed by atoms with E-state index in [9.17, 15) is 10.1 Å². The summed E-state index contributed by atoms with van der Waals surface area (Å²) in [6.07, 6.45) is 0.226. The summed E-state index contributed by atoms with van der Waals surface area (Å²) in [7, 11) is 0. The second-order valence-corrected chi connectivity index (χ2v) is 7.39. The molecule has 6 nitrogen and oxygen atoms in total. The van der Waals surface area contributed by atoms with Crippen LogP contribution in [0.3, 0.4) is 0 Å². The lowest BCUT2D eigenvalue weighted by molar-refractivity contribution is -0.384. The maximum absolute atomic E-state index is 11.0. The van der Waals surface area contributed by atoms with Crippen LogP contribution in [0.15, 0.2) is 77.9 Å². The Kier molecular flexibility index (Phi) is 4.21. The molecule has 3 aromatic rings. The molecule has 29 heavy (non-hydrogen) atoms. The Labute approximate surface area is 172 Å². The van der Waals surface area contributed by atoms with Crippen LogP contribution in [0.4, 0.5) is 5.69 Å². The molecule has 5 rings (SSSR count). The molecule has 0 fully saturated rings. The molecule has 2 heterocycles. The molecular weight excluding hydrogens is 390 g/mol. The van der Waals surface area contributed by atoms with E-state index in [4.69, 9.17) is 21.4 Å². The van der Waals surface area contributed by atoms with Gasteiger partial charge in [-0.05, 0) is 24.3 Å². The number of hydrazone groups is 1. The van der Waals surface area contributed by atoms with Crippen LogP contribution in [0.2, 0.25) is 5.02 Å². The topological polar surface area (TPSA) is 68.0 Å². The second kappa shape index (κ2) is 6.90. The van der Waals surface area contributed by atoms with Gasteiger partial charge in [0.2, 0.25) is 6.23 Å². The lowest BCUT2D eigenvalue weighted by atomic mass is 9.96. The van der Waals surface area contributed by atoms with Crippen molar-refractivity contribution in [1.82, 2.24) is 5.01 Å². The number of hydrogen-bond acceptors (Lipinski definition) is 5. The molecule has 0 aromatic heterocycles. The molecule has 0 aliphatic carbocycles.